The van der Waals surface area contributed by atoms with Gasteiger partial charge in [-0.25, -0.2) is 0 Å². The van der Waals surface area contributed by atoms with E-state index in [2.05, 4.69) is 0 Å². The summed E-state index contributed by atoms with van der Waals surface area (Å²) in [6.45, 7) is 2.64. The van der Waals surface area contributed by atoms with Crippen molar-refractivity contribution in [1.82, 2.24) is 0 Å². The third-order valence-corrected chi connectivity index (χ3v) is 2.23. The molecular weight excluding hydrogens is 180 g/mol. The summed E-state index contributed by atoms with van der Waals surface area (Å²) in [4.78, 5) is 0. The first-order valence-electron chi connectivity index (χ1n) is 4.71. The lowest BCUT2D eigenvalue weighted by Crippen LogP contribution is -2.03. The van der Waals surface area contributed by atoms with Gasteiger partial charge in [0.1, 0.15) is 5.75 Å². The van der Waals surface area contributed by atoms with E-state index in [1.54, 1.807) is 7.11 Å². The second-order valence-electron chi connectivity index (χ2n) is 3.35. The van der Waals surface area contributed by atoms with Crippen LogP contribution in [0, 0.1) is 0 Å². The third kappa shape index (κ3) is 1.74. The van der Waals surface area contributed by atoms with Crippen LogP contribution < -0.4 is 4.74 Å². The van der Waals surface area contributed by atoms with Gasteiger partial charge in [0.05, 0.1) is 19.8 Å². The Hall–Kier alpha value is -1.06. The minimum absolute atomic E-state index is 0.157. The number of ether oxygens (including phenoxy) is 3. The van der Waals surface area contributed by atoms with E-state index in [1.807, 2.05) is 31.2 Å². The Morgan fingerprint density at radius 2 is 2.14 bits per heavy atom. The molecule has 0 aliphatic carbocycles. The van der Waals surface area contributed by atoms with Crippen LogP contribution in [0.4, 0.5) is 0 Å². The predicted octanol–water partition coefficient (Wildman–Crippen LogP) is 2.13. The van der Waals surface area contributed by atoms with Gasteiger partial charge in [0, 0.05) is 5.56 Å². The lowest BCUT2D eigenvalue weighted by atomic mass is 10.2. The summed E-state index contributed by atoms with van der Waals surface area (Å²) in [5.74, 6) is 0.812. The van der Waals surface area contributed by atoms with E-state index in [-0.39, 0.29) is 12.4 Å². The number of para-hydroxylation sites is 1. The monoisotopic (exact) mass is 194 g/mol. The van der Waals surface area contributed by atoms with Gasteiger partial charge in [-0.1, -0.05) is 18.2 Å². The van der Waals surface area contributed by atoms with Crippen LogP contribution in [0.15, 0.2) is 24.3 Å². The average molecular weight is 194 g/mol. The second-order valence-corrected chi connectivity index (χ2v) is 3.35. The first kappa shape index (κ1) is 9.49. The second kappa shape index (κ2) is 3.98. The topological polar surface area (TPSA) is 27.7 Å². The van der Waals surface area contributed by atoms with Crippen LogP contribution in [0.25, 0.3) is 0 Å². The fourth-order valence-corrected chi connectivity index (χ4v) is 1.54. The zero-order chi connectivity index (χ0) is 9.97. The molecule has 3 nitrogen and oxygen atoms in total. The van der Waals surface area contributed by atoms with Crippen molar-refractivity contribution in [3.05, 3.63) is 29.8 Å². The van der Waals surface area contributed by atoms with Crippen molar-refractivity contribution in [3.63, 3.8) is 0 Å². The molecule has 14 heavy (non-hydrogen) atoms. The Labute approximate surface area is 83.6 Å². The van der Waals surface area contributed by atoms with E-state index >= 15 is 0 Å². The van der Waals surface area contributed by atoms with Crippen molar-refractivity contribution in [2.45, 2.75) is 19.3 Å². The number of rotatable bonds is 2. The fourth-order valence-electron chi connectivity index (χ4n) is 1.54. The maximum atomic E-state index is 5.59. The van der Waals surface area contributed by atoms with Crippen molar-refractivity contribution in [1.29, 1.82) is 0 Å². The zero-order valence-electron chi connectivity index (χ0n) is 8.40. The number of hydrogen-bond donors (Lipinski definition) is 0. The Balaban J connectivity index is 2.22. The van der Waals surface area contributed by atoms with Crippen molar-refractivity contribution in [2.75, 3.05) is 13.7 Å². The number of hydrogen-bond acceptors (Lipinski definition) is 3. The van der Waals surface area contributed by atoms with Crippen molar-refractivity contribution in [2.24, 2.45) is 0 Å². The molecule has 0 radical (unpaired) electrons. The molecule has 0 amide bonds. The van der Waals surface area contributed by atoms with Crippen LogP contribution in [0.2, 0.25) is 0 Å². The fraction of sp³-hybridized carbons (Fsp3) is 0.455. The van der Waals surface area contributed by atoms with Crippen LogP contribution in [-0.2, 0) is 9.47 Å². The maximum Gasteiger partial charge on any atom is 0.187 e. The Bertz CT molecular complexity index is 311. The number of methoxy groups -OCH3 is 1. The molecule has 0 N–H and O–H groups in total. The summed E-state index contributed by atoms with van der Waals surface area (Å²) in [6.07, 6.45) is -0.119. The quantitative estimate of drug-likeness (QED) is 0.721. The Morgan fingerprint density at radius 1 is 1.36 bits per heavy atom. The van der Waals surface area contributed by atoms with Crippen LogP contribution in [0.1, 0.15) is 18.8 Å². The molecule has 1 aliphatic heterocycles. The molecule has 0 bridgehead atoms. The first-order valence-corrected chi connectivity index (χ1v) is 4.71. The molecule has 0 saturated carbocycles. The van der Waals surface area contributed by atoms with Crippen molar-refractivity contribution < 1.29 is 14.2 Å². The largest absolute Gasteiger partial charge is 0.496 e. The maximum absolute atomic E-state index is 5.59. The normalized spacial score (nSPS) is 26.4. The van der Waals surface area contributed by atoms with E-state index < -0.39 is 0 Å². The van der Waals surface area contributed by atoms with Gasteiger partial charge >= 0.3 is 0 Å². The Kier molecular flexibility index (Phi) is 2.70. The van der Waals surface area contributed by atoms with Gasteiger partial charge < -0.3 is 14.2 Å². The standard InChI is InChI=1S/C11H14O3/c1-8-7-13-11(14-8)9-5-3-4-6-10(9)12-2/h3-6,8,11H,7H2,1-2H3/t8-,11+/m0/s1. The van der Waals surface area contributed by atoms with Gasteiger partial charge in [-0.05, 0) is 13.0 Å². The minimum Gasteiger partial charge on any atom is -0.496 e. The van der Waals surface area contributed by atoms with Crippen LogP contribution in [0.5, 0.6) is 5.75 Å². The summed E-state index contributed by atoms with van der Waals surface area (Å²) in [7, 11) is 1.65. The van der Waals surface area contributed by atoms with Gasteiger partial charge in [0.25, 0.3) is 0 Å². The van der Waals surface area contributed by atoms with E-state index in [1.165, 1.54) is 0 Å². The smallest absolute Gasteiger partial charge is 0.187 e. The molecule has 3 heteroatoms. The highest BCUT2D eigenvalue weighted by molar-refractivity contribution is 5.34. The van der Waals surface area contributed by atoms with Crippen LogP contribution in [0.3, 0.4) is 0 Å². The molecule has 1 heterocycles. The molecule has 1 aromatic carbocycles. The minimum atomic E-state index is -0.277. The molecule has 1 fully saturated rings. The summed E-state index contributed by atoms with van der Waals surface area (Å²) >= 11 is 0. The highest BCUT2D eigenvalue weighted by Gasteiger charge is 2.26. The van der Waals surface area contributed by atoms with Crippen molar-refractivity contribution >= 4 is 0 Å². The molecule has 1 aromatic rings. The van der Waals surface area contributed by atoms with Gasteiger partial charge in [-0.3, -0.25) is 0 Å². The average Bonchev–Trinajstić information content (AvgIpc) is 2.65. The molecule has 2 rings (SSSR count). The summed E-state index contributed by atoms with van der Waals surface area (Å²) in [6, 6.07) is 7.75. The molecule has 1 saturated heterocycles. The van der Waals surface area contributed by atoms with Gasteiger partial charge in [-0.15, -0.1) is 0 Å². The third-order valence-electron chi connectivity index (χ3n) is 2.23. The van der Waals surface area contributed by atoms with Gasteiger partial charge in [0.2, 0.25) is 0 Å². The molecule has 0 unspecified atom stereocenters. The van der Waals surface area contributed by atoms with E-state index in [0.717, 1.165) is 11.3 Å². The molecule has 2 atom stereocenters. The molecule has 1 aliphatic rings. The number of benzene rings is 1. The zero-order valence-corrected chi connectivity index (χ0v) is 8.40. The lowest BCUT2D eigenvalue weighted by molar-refractivity contribution is -0.0584. The summed E-state index contributed by atoms with van der Waals surface area (Å²) < 4.78 is 16.3. The predicted molar refractivity (Wildman–Crippen MR) is 52.2 cm³/mol. The van der Waals surface area contributed by atoms with E-state index in [9.17, 15) is 0 Å². The highest BCUT2D eigenvalue weighted by Crippen LogP contribution is 2.32. The SMILES string of the molecule is COc1ccccc1[C@@H]1OC[C@H](C)O1. The lowest BCUT2D eigenvalue weighted by Gasteiger charge is -2.13. The molecule has 0 aromatic heterocycles. The van der Waals surface area contributed by atoms with Crippen LogP contribution >= 0.6 is 0 Å². The summed E-state index contributed by atoms with van der Waals surface area (Å²) in [5.41, 5.74) is 0.958. The van der Waals surface area contributed by atoms with Crippen LogP contribution in [-0.4, -0.2) is 19.8 Å². The Morgan fingerprint density at radius 3 is 2.79 bits per heavy atom. The molecular formula is C11H14O3. The summed E-state index contributed by atoms with van der Waals surface area (Å²) in [5, 5.41) is 0. The van der Waals surface area contributed by atoms with E-state index in [0.29, 0.717) is 6.61 Å². The van der Waals surface area contributed by atoms with Gasteiger partial charge in [-0.2, -0.15) is 0 Å². The van der Waals surface area contributed by atoms with Crippen molar-refractivity contribution in [3.8, 4) is 5.75 Å². The van der Waals surface area contributed by atoms with Gasteiger partial charge in [0.15, 0.2) is 6.29 Å². The van der Waals surface area contributed by atoms with E-state index in [4.69, 9.17) is 14.2 Å². The first-order chi connectivity index (χ1) is 6.81. The molecule has 76 valence electrons. The molecule has 0 spiro atoms. The highest BCUT2D eigenvalue weighted by atomic mass is 16.7.